The lowest BCUT2D eigenvalue weighted by Gasteiger charge is -2.09. The zero-order valence-electron chi connectivity index (χ0n) is 12.5. The summed E-state index contributed by atoms with van der Waals surface area (Å²) in [5, 5.41) is 2.91. The second-order valence-corrected chi connectivity index (χ2v) is 5.48. The molecule has 0 fully saturated rings. The molecular weight excluding hydrogens is 250 g/mol. The van der Waals surface area contributed by atoms with Gasteiger partial charge in [0.15, 0.2) is 0 Å². The van der Waals surface area contributed by atoms with Crippen LogP contribution in [-0.4, -0.2) is 15.5 Å². The van der Waals surface area contributed by atoms with Crippen LogP contribution in [0.5, 0.6) is 0 Å². The number of imidazole rings is 1. The first-order valence-electron chi connectivity index (χ1n) is 6.88. The molecule has 2 rings (SSSR count). The number of rotatable bonds is 4. The number of amides is 1. The van der Waals surface area contributed by atoms with Crippen LogP contribution in [0.15, 0.2) is 30.6 Å². The van der Waals surface area contributed by atoms with E-state index in [1.807, 2.05) is 62.9 Å². The molecular formula is C16H21N3O. The minimum absolute atomic E-state index is 0.0578. The predicted molar refractivity (Wildman–Crippen MR) is 81.1 cm³/mol. The first-order chi connectivity index (χ1) is 9.47. The number of carbonyl (C=O) groups excluding carboxylic acids is 1. The Morgan fingerprint density at radius 3 is 2.40 bits per heavy atom. The predicted octanol–water partition coefficient (Wildman–Crippen LogP) is 3.47. The molecule has 1 N–H and O–H groups in total. The number of nitrogens with zero attached hydrogens (tertiary/aromatic N) is 2. The van der Waals surface area contributed by atoms with Gasteiger partial charge in [-0.1, -0.05) is 13.8 Å². The van der Waals surface area contributed by atoms with Crippen LogP contribution in [0.25, 0.3) is 5.69 Å². The van der Waals surface area contributed by atoms with Crippen LogP contribution in [-0.2, 0) is 4.79 Å². The number of aryl methyl sites for hydroxylation is 1. The highest BCUT2D eigenvalue weighted by Crippen LogP contribution is 2.17. The molecule has 1 aromatic heterocycles. The Bertz CT molecular complexity index is 597. The highest BCUT2D eigenvalue weighted by molar-refractivity contribution is 5.90. The largest absolute Gasteiger partial charge is 0.326 e. The van der Waals surface area contributed by atoms with E-state index in [9.17, 15) is 4.79 Å². The van der Waals surface area contributed by atoms with E-state index in [4.69, 9.17) is 0 Å². The van der Waals surface area contributed by atoms with E-state index in [1.165, 1.54) is 0 Å². The zero-order valence-corrected chi connectivity index (χ0v) is 12.5. The van der Waals surface area contributed by atoms with Gasteiger partial charge in [0.2, 0.25) is 5.91 Å². The molecule has 106 valence electrons. The van der Waals surface area contributed by atoms with Gasteiger partial charge in [0.25, 0.3) is 0 Å². The summed E-state index contributed by atoms with van der Waals surface area (Å²) in [6.45, 7) is 8.10. The first-order valence-corrected chi connectivity index (χ1v) is 6.88. The molecule has 1 heterocycles. The molecule has 1 amide bonds. The molecule has 4 heteroatoms. The van der Waals surface area contributed by atoms with Gasteiger partial charge in [0, 0.05) is 23.5 Å². The molecule has 20 heavy (non-hydrogen) atoms. The Morgan fingerprint density at radius 2 is 1.90 bits per heavy atom. The lowest BCUT2D eigenvalue weighted by Crippen LogP contribution is -2.13. The third-order valence-electron chi connectivity index (χ3n) is 3.27. The Labute approximate surface area is 119 Å². The van der Waals surface area contributed by atoms with Crippen molar-refractivity contribution in [3.63, 3.8) is 0 Å². The number of hydrogen-bond acceptors (Lipinski definition) is 2. The second kappa shape index (κ2) is 5.90. The third kappa shape index (κ3) is 3.26. The van der Waals surface area contributed by atoms with Crippen molar-refractivity contribution in [1.82, 2.24) is 9.55 Å². The summed E-state index contributed by atoms with van der Waals surface area (Å²) in [5.74, 6) is 0.424. The molecule has 0 aliphatic rings. The maximum absolute atomic E-state index is 11.7. The van der Waals surface area contributed by atoms with Crippen molar-refractivity contribution in [3.05, 3.63) is 42.0 Å². The molecule has 0 aliphatic heterocycles. The van der Waals surface area contributed by atoms with E-state index in [2.05, 4.69) is 10.3 Å². The summed E-state index contributed by atoms with van der Waals surface area (Å²) in [4.78, 5) is 16.0. The van der Waals surface area contributed by atoms with E-state index in [-0.39, 0.29) is 5.91 Å². The minimum atomic E-state index is 0.0578. The van der Waals surface area contributed by atoms with Gasteiger partial charge in [-0.05, 0) is 44.0 Å². The lowest BCUT2D eigenvalue weighted by molar-refractivity contribution is -0.116. The fourth-order valence-electron chi connectivity index (χ4n) is 2.05. The van der Waals surface area contributed by atoms with Crippen LogP contribution in [0.2, 0.25) is 0 Å². The van der Waals surface area contributed by atoms with Gasteiger partial charge in [0.1, 0.15) is 0 Å². The van der Waals surface area contributed by atoms with Crippen LogP contribution in [0, 0.1) is 19.8 Å². The molecule has 0 aliphatic carbocycles. The van der Waals surface area contributed by atoms with Gasteiger partial charge in [-0.3, -0.25) is 4.79 Å². The zero-order chi connectivity index (χ0) is 14.7. The van der Waals surface area contributed by atoms with Gasteiger partial charge in [-0.15, -0.1) is 0 Å². The van der Waals surface area contributed by atoms with Crippen molar-refractivity contribution in [2.45, 2.75) is 34.1 Å². The summed E-state index contributed by atoms with van der Waals surface area (Å²) in [7, 11) is 0. The fourth-order valence-corrected chi connectivity index (χ4v) is 2.05. The minimum Gasteiger partial charge on any atom is -0.326 e. The van der Waals surface area contributed by atoms with Gasteiger partial charge in [-0.2, -0.15) is 0 Å². The number of anilines is 1. The number of aromatic nitrogens is 2. The van der Waals surface area contributed by atoms with E-state index in [0.29, 0.717) is 12.3 Å². The van der Waals surface area contributed by atoms with Crippen molar-refractivity contribution < 1.29 is 4.79 Å². The quantitative estimate of drug-likeness (QED) is 0.925. The molecule has 0 unspecified atom stereocenters. The maximum Gasteiger partial charge on any atom is 0.224 e. The van der Waals surface area contributed by atoms with Crippen LogP contribution in [0.1, 0.15) is 31.7 Å². The van der Waals surface area contributed by atoms with E-state index >= 15 is 0 Å². The van der Waals surface area contributed by atoms with Gasteiger partial charge >= 0.3 is 0 Å². The Kier molecular flexibility index (Phi) is 4.23. The summed E-state index contributed by atoms with van der Waals surface area (Å²) >= 11 is 0. The smallest absolute Gasteiger partial charge is 0.224 e. The standard InChI is InChI=1S/C16H21N3O/c1-11(2)9-16(20)18-14-5-7-15(8-6-14)19-10-17-12(3)13(19)4/h5-8,10-11H,9H2,1-4H3,(H,18,20). The van der Waals surface area contributed by atoms with E-state index in [0.717, 1.165) is 22.8 Å². The topological polar surface area (TPSA) is 46.9 Å². The number of nitrogens with one attached hydrogen (secondary N) is 1. The van der Waals surface area contributed by atoms with Crippen molar-refractivity contribution >= 4 is 11.6 Å². The van der Waals surface area contributed by atoms with Crippen molar-refractivity contribution in [3.8, 4) is 5.69 Å². The summed E-state index contributed by atoms with van der Waals surface area (Å²) in [6, 6.07) is 7.81. The monoisotopic (exact) mass is 271 g/mol. The van der Waals surface area contributed by atoms with E-state index in [1.54, 1.807) is 0 Å². The molecule has 1 aromatic carbocycles. The molecule has 0 atom stereocenters. The van der Waals surface area contributed by atoms with Gasteiger partial charge < -0.3 is 9.88 Å². The first kappa shape index (κ1) is 14.3. The lowest BCUT2D eigenvalue weighted by atomic mass is 10.1. The Hall–Kier alpha value is -2.10. The number of benzene rings is 1. The molecule has 0 spiro atoms. The van der Waals surface area contributed by atoms with Crippen molar-refractivity contribution in [1.29, 1.82) is 0 Å². The van der Waals surface area contributed by atoms with Crippen LogP contribution >= 0.6 is 0 Å². The highest BCUT2D eigenvalue weighted by atomic mass is 16.1. The SMILES string of the molecule is Cc1ncn(-c2ccc(NC(=O)CC(C)C)cc2)c1C. The maximum atomic E-state index is 11.7. The Morgan fingerprint density at radius 1 is 1.25 bits per heavy atom. The molecule has 0 saturated carbocycles. The summed E-state index contributed by atoms with van der Waals surface area (Å²) in [5.41, 5.74) is 4.03. The average molecular weight is 271 g/mol. The third-order valence-corrected chi connectivity index (χ3v) is 3.27. The van der Waals surface area contributed by atoms with Crippen molar-refractivity contribution in [2.75, 3.05) is 5.32 Å². The fraction of sp³-hybridized carbons (Fsp3) is 0.375. The Balaban J connectivity index is 2.11. The number of hydrogen-bond donors (Lipinski definition) is 1. The summed E-state index contributed by atoms with van der Waals surface area (Å²) < 4.78 is 2.04. The molecule has 0 bridgehead atoms. The molecule has 0 radical (unpaired) electrons. The number of carbonyl (C=O) groups is 1. The van der Waals surface area contributed by atoms with Crippen LogP contribution in [0.3, 0.4) is 0 Å². The molecule has 4 nitrogen and oxygen atoms in total. The van der Waals surface area contributed by atoms with Crippen molar-refractivity contribution in [2.24, 2.45) is 5.92 Å². The second-order valence-electron chi connectivity index (χ2n) is 5.48. The van der Waals surface area contributed by atoms with Gasteiger partial charge in [0.05, 0.1) is 12.0 Å². The molecule has 0 saturated heterocycles. The van der Waals surface area contributed by atoms with E-state index < -0.39 is 0 Å². The average Bonchev–Trinajstić information content (AvgIpc) is 2.70. The van der Waals surface area contributed by atoms with Crippen LogP contribution in [0.4, 0.5) is 5.69 Å². The summed E-state index contributed by atoms with van der Waals surface area (Å²) in [6.07, 6.45) is 2.36. The highest BCUT2D eigenvalue weighted by Gasteiger charge is 2.07. The normalized spacial score (nSPS) is 10.8. The van der Waals surface area contributed by atoms with Crippen LogP contribution < -0.4 is 5.32 Å². The van der Waals surface area contributed by atoms with Gasteiger partial charge in [-0.25, -0.2) is 4.98 Å². The molecule has 2 aromatic rings.